The zero-order chi connectivity index (χ0) is 11.5. The molecule has 0 aromatic heterocycles. The second-order valence-electron chi connectivity index (χ2n) is 4.01. The Morgan fingerprint density at radius 3 is 3.00 bits per heavy atom. The van der Waals surface area contributed by atoms with Crippen molar-refractivity contribution in [1.82, 2.24) is 0 Å². The van der Waals surface area contributed by atoms with Gasteiger partial charge in [-0.3, -0.25) is 0 Å². The lowest BCUT2D eigenvalue weighted by Crippen LogP contribution is -2.12. The Labute approximate surface area is 96.4 Å². The summed E-state index contributed by atoms with van der Waals surface area (Å²) in [5, 5.41) is 0. The standard InChI is InChI=1S/C14H17NO/c1-3-4-5-11-6-7-13-10(2)14(15)16-9-12(13)8-11/h4-8H,3,9,15H2,1-2H3/b5-4+. The van der Waals surface area contributed by atoms with E-state index in [4.69, 9.17) is 10.5 Å². The predicted octanol–water partition coefficient (Wildman–Crippen LogP) is 3.29. The van der Waals surface area contributed by atoms with Crippen LogP contribution in [0, 0.1) is 0 Å². The molecule has 0 aliphatic carbocycles. The monoisotopic (exact) mass is 215 g/mol. The van der Waals surface area contributed by atoms with Crippen LogP contribution in [0.1, 0.15) is 37.0 Å². The van der Waals surface area contributed by atoms with Crippen LogP contribution in [0.2, 0.25) is 0 Å². The van der Waals surface area contributed by atoms with Crippen molar-refractivity contribution in [1.29, 1.82) is 0 Å². The predicted molar refractivity (Wildman–Crippen MR) is 67.3 cm³/mol. The molecule has 0 bridgehead atoms. The van der Waals surface area contributed by atoms with Crippen LogP contribution in [0.25, 0.3) is 11.6 Å². The molecule has 2 N–H and O–H groups in total. The third-order valence-corrected chi connectivity index (χ3v) is 2.83. The highest BCUT2D eigenvalue weighted by Crippen LogP contribution is 2.28. The van der Waals surface area contributed by atoms with E-state index in [1.165, 1.54) is 16.7 Å². The van der Waals surface area contributed by atoms with Crippen LogP contribution in [-0.4, -0.2) is 0 Å². The second kappa shape index (κ2) is 4.44. The van der Waals surface area contributed by atoms with Gasteiger partial charge in [0.05, 0.1) is 0 Å². The zero-order valence-electron chi connectivity index (χ0n) is 9.79. The molecule has 1 heterocycles. The van der Waals surface area contributed by atoms with Crippen molar-refractivity contribution in [3.8, 4) is 0 Å². The molecule has 1 aliphatic heterocycles. The molecule has 0 atom stereocenters. The van der Waals surface area contributed by atoms with Crippen LogP contribution in [0.4, 0.5) is 0 Å². The van der Waals surface area contributed by atoms with Gasteiger partial charge in [0, 0.05) is 5.57 Å². The topological polar surface area (TPSA) is 35.2 Å². The fraction of sp³-hybridized carbons (Fsp3) is 0.286. The van der Waals surface area contributed by atoms with Crippen molar-refractivity contribution in [2.45, 2.75) is 26.9 Å². The van der Waals surface area contributed by atoms with Crippen LogP contribution in [0.15, 0.2) is 30.2 Å². The number of benzene rings is 1. The van der Waals surface area contributed by atoms with Gasteiger partial charge in [-0.25, -0.2) is 0 Å². The molecule has 0 amide bonds. The van der Waals surface area contributed by atoms with E-state index < -0.39 is 0 Å². The summed E-state index contributed by atoms with van der Waals surface area (Å²) >= 11 is 0. The minimum absolute atomic E-state index is 0.546. The molecule has 0 unspecified atom stereocenters. The van der Waals surface area contributed by atoms with Crippen LogP contribution in [0.5, 0.6) is 0 Å². The van der Waals surface area contributed by atoms with E-state index in [0.29, 0.717) is 12.5 Å². The van der Waals surface area contributed by atoms with Crippen LogP contribution in [-0.2, 0) is 11.3 Å². The van der Waals surface area contributed by atoms with Crippen molar-refractivity contribution in [2.24, 2.45) is 5.73 Å². The van der Waals surface area contributed by atoms with Gasteiger partial charge >= 0.3 is 0 Å². The number of hydrogen-bond acceptors (Lipinski definition) is 2. The summed E-state index contributed by atoms with van der Waals surface area (Å²) in [4.78, 5) is 0. The maximum absolute atomic E-state index is 5.75. The van der Waals surface area contributed by atoms with Crippen molar-refractivity contribution in [3.63, 3.8) is 0 Å². The lowest BCUT2D eigenvalue weighted by atomic mass is 9.97. The van der Waals surface area contributed by atoms with Gasteiger partial charge in [0.25, 0.3) is 0 Å². The maximum Gasteiger partial charge on any atom is 0.187 e. The molecular weight excluding hydrogens is 198 g/mol. The first-order chi connectivity index (χ1) is 7.72. The van der Waals surface area contributed by atoms with Crippen molar-refractivity contribution >= 4 is 11.6 Å². The fourth-order valence-corrected chi connectivity index (χ4v) is 1.85. The third kappa shape index (κ3) is 1.96. The summed E-state index contributed by atoms with van der Waals surface area (Å²) in [6.07, 6.45) is 5.35. The second-order valence-corrected chi connectivity index (χ2v) is 4.01. The van der Waals surface area contributed by atoms with Gasteiger partial charge in [0.1, 0.15) is 6.61 Å². The van der Waals surface area contributed by atoms with Crippen LogP contribution in [0.3, 0.4) is 0 Å². The number of allylic oxidation sites excluding steroid dienone is 2. The lowest BCUT2D eigenvalue weighted by molar-refractivity contribution is 0.192. The van der Waals surface area contributed by atoms with Gasteiger partial charge in [-0.1, -0.05) is 31.2 Å². The Morgan fingerprint density at radius 2 is 2.25 bits per heavy atom. The molecule has 1 aliphatic rings. The van der Waals surface area contributed by atoms with Gasteiger partial charge in [0.2, 0.25) is 0 Å². The number of hydrogen-bond donors (Lipinski definition) is 1. The third-order valence-electron chi connectivity index (χ3n) is 2.83. The zero-order valence-corrected chi connectivity index (χ0v) is 9.79. The fourth-order valence-electron chi connectivity index (χ4n) is 1.85. The molecule has 84 valence electrons. The van der Waals surface area contributed by atoms with Crippen LogP contribution >= 0.6 is 0 Å². The van der Waals surface area contributed by atoms with Gasteiger partial charge in [-0.05, 0) is 36.1 Å². The first-order valence-electron chi connectivity index (χ1n) is 5.61. The molecule has 1 aromatic carbocycles. The van der Waals surface area contributed by atoms with E-state index in [1.54, 1.807) is 0 Å². The number of fused-ring (bicyclic) bond motifs is 1. The maximum atomic E-state index is 5.75. The summed E-state index contributed by atoms with van der Waals surface area (Å²) < 4.78 is 5.41. The lowest BCUT2D eigenvalue weighted by Gasteiger charge is -2.19. The summed E-state index contributed by atoms with van der Waals surface area (Å²) in [6.45, 7) is 4.70. The van der Waals surface area contributed by atoms with E-state index in [2.05, 4.69) is 37.3 Å². The summed E-state index contributed by atoms with van der Waals surface area (Å²) in [7, 11) is 0. The largest absolute Gasteiger partial charge is 0.474 e. The normalized spacial score (nSPS) is 15.1. The average Bonchev–Trinajstić information content (AvgIpc) is 2.31. The Bertz CT molecular complexity index is 458. The smallest absolute Gasteiger partial charge is 0.187 e. The number of rotatable bonds is 2. The summed E-state index contributed by atoms with van der Waals surface area (Å²) in [5.41, 5.74) is 10.4. The quantitative estimate of drug-likeness (QED) is 0.821. The Balaban J connectivity index is 2.38. The van der Waals surface area contributed by atoms with Crippen molar-refractivity contribution in [3.05, 3.63) is 46.8 Å². The molecule has 2 rings (SSSR count). The Kier molecular flexibility index (Phi) is 3.00. The average molecular weight is 215 g/mol. The molecule has 16 heavy (non-hydrogen) atoms. The minimum Gasteiger partial charge on any atom is -0.474 e. The summed E-state index contributed by atoms with van der Waals surface area (Å²) in [6, 6.07) is 6.40. The number of ether oxygens (including phenoxy) is 1. The first-order valence-corrected chi connectivity index (χ1v) is 5.61. The Hall–Kier alpha value is -1.70. The molecule has 2 nitrogen and oxygen atoms in total. The van der Waals surface area contributed by atoms with E-state index in [9.17, 15) is 0 Å². The van der Waals surface area contributed by atoms with Gasteiger partial charge in [0.15, 0.2) is 5.88 Å². The molecule has 1 aromatic rings. The van der Waals surface area contributed by atoms with Crippen LogP contribution < -0.4 is 5.73 Å². The molecule has 2 heteroatoms. The van der Waals surface area contributed by atoms with Crippen molar-refractivity contribution < 1.29 is 4.74 Å². The molecule has 0 radical (unpaired) electrons. The van der Waals surface area contributed by atoms with Gasteiger partial charge in [-0.15, -0.1) is 0 Å². The number of nitrogens with two attached hydrogens (primary N) is 1. The van der Waals surface area contributed by atoms with E-state index >= 15 is 0 Å². The van der Waals surface area contributed by atoms with E-state index in [1.807, 2.05) is 6.92 Å². The van der Waals surface area contributed by atoms with E-state index in [-0.39, 0.29) is 0 Å². The van der Waals surface area contributed by atoms with Gasteiger partial charge < -0.3 is 10.5 Å². The first kappa shape index (κ1) is 10.8. The highest BCUT2D eigenvalue weighted by atomic mass is 16.5. The molecule has 0 saturated carbocycles. The highest BCUT2D eigenvalue weighted by molar-refractivity contribution is 5.70. The molecule has 0 saturated heterocycles. The molecular formula is C14H17NO. The SMILES string of the molecule is CC/C=C/c1ccc2c(c1)COC(N)=C2C. The summed E-state index contributed by atoms with van der Waals surface area (Å²) in [5.74, 6) is 0.546. The molecule has 0 fully saturated rings. The van der Waals surface area contributed by atoms with Crippen molar-refractivity contribution in [2.75, 3.05) is 0 Å². The minimum atomic E-state index is 0.546. The highest BCUT2D eigenvalue weighted by Gasteiger charge is 2.14. The molecule has 0 spiro atoms. The van der Waals surface area contributed by atoms with E-state index in [0.717, 1.165) is 12.0 Å². The Morgan fingerprint density at radius 1 is 1.44 bits per heavy atom. The van der Waals surface area contributed by atoms with Gasteiger partial charge in [-0.2, -0.15) is 0 Å².